The van der Waals surface area contributed by atoms with E-state index < -0.39 is 0 Å². The van der Waals surface area contributed by atoms with Crippen LogP contribution in [-0.2, 0) is 18.3 Å². The molecule has 1 N–H and O–H groups in total. The third kappa shape index (κ3) is 3.42. The number of carbonyl (C=O) groups excluding carboxylic acids is 1. The molecule has 1 amide bonds. The van der Waals surface area contributed by atoms with Gasteiger partial charge in [0.1, 0.15) is 12.2 Å². The highest BCUT2D eigenvalue weighted by Crippen LogP contribution is 2.48. The summed E-state index contributed by atoms with van der Waals surface area (Å²) in [7, 11) is 1.89. The van der Waals surface area contributed by atoms with Crippen LogP contribution in [0, 0.1) is 5.92 Å². The van der Waals surface area contributed by atoms with Gasteiger partial charge in [0.2, 0.25) is 5.91 Å². The summed E-state index contributed by atoms with van der Waals surface area (Å²) in [5, 5.41) is 12.0. The molecular formula is C15H16Cl2N4O. The Morgan fingerprint density at radius 2 is 2.09 bits per heavy atom. The Labute approximate surface area is 138 Å². The summed E-state index contributed by atoms with van der Waals surface area (Å²) in [6.07, 6.45) is 3.16. The molecule has 0 aliphatic heterocycles. The van der Waals surface area contributed by atoms with Crippen molar-refractivity contribution >= 4 is 29.1 Å². The minimum Gasteiger partial charge on any atom is -0.355 e. The van der Waals surface area contributed by atoms with E-state index in [-0.39, 0.29) is 17.7 Å². The Balaban J connectivity index is 1.51. The standard InChI is InChI=1S/C15H16Cl2N4O/c1-21-8-19-20-14(21)2-3-18-15(22)13-7-12(13)9-4-10(16)6-11(17)5-9/h4-6,8,12-13H,2-3,7H2,1H3,(H,18,22)/t12-,13+/m1/s1. The number of carbonyl (C=O) groups is 1. The van der Waals surface area contributed by atoms with Crippen molar-refractivity contribution in [1.29, 1.82) is 0 Å². The molecule has 116 valence electrons. The second-order valence-corrected chi connectivity index (χ2v) is 6.42. The molecule has 3 rings (SSSR count). The molecule has 0 spiro atoms. The first-order valence-electron chi connectivity index (χ1n) is 7.11. The molecule has 1 heterocycles. The molecule has 0 bridgehead atoms. The minimum absolute atomic E-state index is 0.00836. The first-order valence-corrected chi connectivity index (χ1v) is 7.87. The maximum absolute atomic E-state index is 12.2. The predicted molar refractivity (Wildman–Crippen MR) is 85.0 cm³/mol. The number of nitrogens with one attached hydrogen (secondary N) is 1. The highest BCUT2D eigenvalue weighted by Gasteiger charge is 2.43. The first-order chi connectivity index (χ1) is 10.5. The number of aryl methyl sites for hydroxylation is 1. The maximum Gasteiger partial charge on any atom is 0.223 e. The number of hydrogen-bond acceptors (Lipinski definition) is 3. The summed E-state index contributed by atoms with van der Waals surface area (Å²) in [4.78, 5) is 12.2. The van der Waals surface area contributed by atoms with Crippen molar-refractivity contribution in [2.24, 2.45) is 13.0 Å². The average molecular weight is 339 g/mol. The van der Waals surface area contributed by atoms with E-state index in [1.807, 2.05) is 23.7 Å². The third-order valence-corrected chi connectivity index (χ3v) is 4.33. The molecule has 2 atom stereocenters. The van der Waals surface area contributed by atoms with Crippen LogP contribution < -0.4 is 5.32 Å². The second kappa shape index (κ2) is 6.26. The Hall–Kier alpha value is -1.59. The van der Waals surface area contributed by atoms with Gasteiger partial charge in [-0.2, -0.15) is 0 Å². The molecule has 0 unspecified atom stereocenters. The Morgan fingerprint density at radius 1 is 1.36 bits per heavy atom. The molecular weight excluding hydrogens is 323 g/mol. The van der Waals surface area contributed by atoms with Crippen LogP contribution in [0.5, 0.6) is 0 Å². The molecule has 22 heavy (non-hydrogen) atoms. The molecule has 1 aromatic carbocycles. The number of halogens is 2. The number of benzene rings is 1. The van der Waals surface area contributed by atoms with Crippen molar-refractivity contribution in [3.8, 4) is 0 Å². The number of hydrogen-bond donors (Lipinski definition) is 1. The van der Waals surface area contributed by atoms with Crippen LogP contribution in [0.4, 0.5) is 0 Å². The highest BCUT2D eigenvalue weighted by molar-refractivity contribution is 6.34. The van der Waals surface area contributed by atoms with Gasteiger partial charge in [0.25, 0.3) is 0 Å². The first kappa shape index (κ1) is 15.3. The molecule has 0 saturated heterocycles. The van der Waals surface area contributed by atoms with Crippen LogP contribution in [-0.4, -0.2) is 27.2 Å². The Morgan fingerprint density at radius 3 is 2.73 bits per heavy atom. The molecule has 1 aliphatic rings. The van der Waals surface area contributed by atoms with E-state index in [2.05, 4.69) is 15.5 Å². The topological polar surface area (TPSA) is 59.8 Å². The fraction of sp³-hybridized carbons (Fsp3) is 0.400. The quantitative estimate of drug-likeness (QED) is 0.911. The molecule has 1 fully saturated rings. The largest absolute Gasteiger partial charge is 0.355 e. The van der Waals surface area contributed by atoms with Gasteiger partial charge in [-0.25, -0.2) is 0 Å². The predicted octanol–water partition coefficient (Wildman–Crippen LogP) is 2.58. The fourth-order valence-electron chi connectivity index (χ4n) is 2.60. The molecule has 1 saturated carbocycles. The van der Waals surface area contributed by atoms with Gasteiger partial charge in [0, 0.05) is 36.0 Å². The molecule has 7 heteroatoms. The molecule has 1 aliphatic carbocycles. The average Bonchev–Trinajstić information content (AvgIpc) is 3.16. The summed E-state index contributed by atoms with van der Waals surface area (Å²) in [6.45, 7) is 0.560. The number of nitrogens with zero attached hydrogens (tertiary/aromatic N) is 3. The van der Waals surface area contributed by atoms with Gasteiger partial charge in [-0.15, -0.1) is 10.2 Å². The van der Waals surface area contributed by atoms with E-state index in [4.69, 9.17) is 23.2 Å². The van der Waals surface area contributed by atoms with Gasteiger partial charge in [-0.1, -0.05) is 23.2 Å². The molecule has 5 nitrogen and oxygen atoms in total. The SMILES string of the molecule is Cn1cnnc1CCNC(=O)[C@H]1C[C@@H]1c1cc(Cl)cc(Cl)c1. The fourth-order valence-corrected chi connectivity index (χ4v) is 3.15. The van der Waals surface area contributed by atoms with E-state index >= 15 is 0 Å². The van der Waals surface area contributed by atoms with Gasteiger partial charge in [-0.3, -0.25) is 4.79 Å². The van der Waals surface area contributed by atoms with E-state index in [0.717, 1.165) is 17.8 Å². The van der Waals surface area contributed by atoms with E-state index in [9.17, 15) is 4.79 Å². The van der Waals surface area contributed by atoms with Crippen molar-refractivity contribution < 1.29 is 4.79 Å². The number of amides is 1. The van der Waals surface area contributed by atoms with Crippen molar-refractivity contribution in [2.45, 2.75) is 18.8 Å². The molecule has 0 radical (unpaired) electrons. The highest BCUT2D eigenvalue weighted by atomic mass is 35.5. The smallest absolute Gasteiger partial charge is 0.223 e. The van der Waals surface area contributed by atoms with Gasteiger partial charge in [-0.05, 0) is 36.1 Å². The Bertz CT molecular complexity index is 680. The van der Waals surface area contributed by atoms with Crippen molar-refractivity contribution in [3.63, 3.8) is 0 Å². The molecule has 1 aromatic heterocycles. The summed E-state index contributed by atoms with van der Waals surface area (Å²) in [5.74, 6) is 1.15. The van der Waals surface area contributed by atoms with Gasteiger partial charge in [0.15, 0.2) is 0 Å². The lowest BCUT2D eigenvalue weighted by Gasteiger charge is -2.05. The van der Waals surface area contributed by atoms with E-state index in [0.29, 0.717) is 23.0 Å². The van der Waals surface area contributed by atoms with Crippen molar-refractivity contribution in [1.82, 2.24) is 20.1 Å². The van der Waals surface area contributed by atoms with Crippen LogP contribution in [0.1, 0.15) is 23.7 Å². The van der Waals surface area contributed by atoms with Crippen molar-refractivity contribution in [2.75, 3.05) is 6.54 Å². The summed E-state index contributed by atoms with van der Waals surface area (Å²) >= 11 is 12.0. The summed E-state index contributed by atoms with van der Waals surface area (Å²) in [5.41, 5.74) is 1.03. The lowest BCUT2D eigenvalue weighted by atomic mass is 10.1. The van der Waals surface area contributed by atoms with Gasteiger partial charge < -0.3 is 9.88 Å². The van der Waals surface area contributed by atoms with E-state index in [1.54, 1.807) is 12.4 Å². The lowest BCUT2D eigenvalue weighted by molar-refractivity contribution is -0.122. The summed E-state index contributed by atoms with van der Waals surface area (Å²) in [6, 6.07) is 5.46. The zero-order chi connectivity index (χ0) is 15.7. The number of aromatic nitrogens is 3. The van der Waals surface area contributed by atoms with Crippen LogP contribution in [0.25, 0.3) is 0 Å². The minimum atomic E-state index is 0.00836. The van der Waals surface area contributed by atoms with Crippen LogP contribution in [0.15, 0.2) is 24.5 Å². The van der Waals surface area contributed by atoms with Gasteiger partial charge in [0.05, 0.1) is 0 Å². The lowest BCUT2D eigenvalue weighted by Crippen LogP contribution is -2.28. The normalized spacial score (nSPS) is 20.0. The van der Waals surface area contributed by atoms with Crippen molar-refractivity contribution in [3.05, 3.63) is 46.0 Å². The monoisotopic (exact) mass is 338 g/mol. The van der Waals surface area contributed by atoms with Crippen LogP contribution in [0.2, 0.25) is 10.0 Å². The summed E-state index contributed by atoms with van der Waals surface area (Å²) < 4.78 is 1.85. The van der Waals surface area contributed by atoms with Crippen LogP contribution >= 0.6 is 23.2 Å². The zero-order valence-corrected chi connectivity index (χ0v) is 13.6. The Kier molecular flexibility index (Phi) is 4.36. The zero-order valence-electron chi connectivity index (χ0n) is 12.1. The maximum atomic E-state index is 12.2. The van der Waals surface area contributed by atoms with Crippen LogP contribution in [0.3, 0.4) is 0 Å². The second-order valence-electron chi connectivity index (χ2n) is 5.55. The van der Waals surface area contributed by atoms with Gasteiger partial charge >= 0.3 is 0 Å². The molecule has 2 aromatic rings. The number of rotatable bonds is 5. The third-order valence-electron chi connectivity index (χ3n) is 3.89. The van der Waals surface area contributed by atoms with E-state index in [1.165, 1.54) is 0 Å².